The first-order valence-electron chi connectivity index (χ1n) is 6.31. The molecule has 0 spiro atoms. The summed E-state index contributed by atoms with van der Waals surface area (Å²) in [6.07, 6.45) is 1.20. The molecule has 1 atom stereocenters. The third-order valence-corrected chi connectivity index (χ3v) is 4.29. The van der Waals surface area contributed by atoms with Crippen LogP contribution in [0.3, 0.4) is 0 Å². The molecule has 1 aromatic rings. The topological polar surface area (TPSA) is 90.5 Å². The molecule has 1 aromatic heterocycles. The van der Waals surface area contributed by atoms with Crippen molar-refractivity contribution in [3.8, 4) is 0 Å². The summed E-state index contributed by atoms with van der Waals surface area (Å²) in [4.78, 5) is 39.2. The van der Waals surface area contributed by atoms with Crippen molar-refractivity contribution in [2.45, 2.75) is 19.8 Å². The van der Waals surface area contributed by atoms with E-state index in [0.29, 0.717) is 29.6 Å². The van der Waals surface area contributed by atoms with Gasteiger partial charge in [-0.05, 0) is 41.8 Å². The number of aliphatic carboxylic acids is 1. The van der Waals surface area contributed by atoms with Crippen LogP contribution in [0.5, 0.6) is 0 Å². The summed E-state index contributed by atoms with van der Waals surface area (Å²) in [5.41, 5.74) is 0.232. The molecule has 0 radical (unpaired) electrons. The molecule has 1 aliphatic rings. The number of piperidine rings is 1. The molecule has 0 aliphatic carbocycles. The van der Waals surface area contributed by atoms with Crippen molar-refractivity contribution >= 4 is 27.8 Å². The van der Waals surface area contributed by atoms with Crippen LogP contribution in [0.25, 0.3) is 0 Å². The zero-order valence-electron chi connectivity index (χ0n) is 11.0. The number of aromatic amines is 1. The molecule has 0 saturated carbocycles. The highest BCUT2D eigenvalue weighted by molar-refractivity contribution is 9.10. The largest absolute Gasteiger partial charge is 0.481 e. The summed E-state index contributed by atoms with van der Waals surface area (Å²) < 4.78 is 0.646. The highest BCUT2D eigenvalue weighted by Gasteiger charge is 2.29. The Kier molecular flexibility index (Phi) is 4.27. The van der Waals surface area contributed by atoms with Gasteiger partial charge in [0.15, 0.2) is 0 Å². The number of carboxylic acids is 1. The first-order chi connectivity index (χ1) is 9.40. The number of aromatic nitrogens is 1. The number of pyridine rings is 1. The van der Waals surface area contributed by atoms with E-state index in [1.807, 2.05) is 0 Å². The SMILES string of the molecule is Cc1[nH]c(=O)c(C(=O)N2CCCC(C(=O)O)C2)cc1Br. The van der Waals surface area contributed by atoms with Gasteiger partial charge in [0.05, 0.1) is 5.92 Å². The van der Waals surface area contributed by atoms with Crippen LogP contribution >= 0.6 is 15.9 Å². The Labute approximate surface area is 123 Å². The molecule has 7 heteroatoms. The molecular formula is C13H15BrN2O4. The number of aryl methyl sites for hydroxylation is 1. The van der Waals surface area contributed by atoms with Gasteiger partial charge in [-0.25, -0.2) is 0 Å². The minimum Gasteiger partial charge on any atom is -0.481 e. The number of carboxylic acid groups (broad SMARTS) is 1. The van der Waals surface area contributed by atoms with Crippen LogP contribution < -0.4 is 5.56 Å². The Hall–Kier alpha value is -1.63. The van der Waals surface area contributed by atoms with Crippen molar-refractivity contribution in [1.82, 2.24) is 9.88 Å². The van der Waals surface area contributed by atoms with Gasteiger partial charge in [0.1, 0.15) is 5.56 Å². The van der Waals surface area contributed by atoms with Crippen LogP contribution in [0.4, 0.5) is 0 Å². The van der Waals surface area contributed by atoms with E-state index in [2.05, 4.69) is 20.9 Å². The molecule has 6 nitrogen and oxygen atoms in total. The van der Waals surface area contributed by atoms with E-state index in [4.69, 9.17) is 5.11 Å². The zero-order chi connectivity index (χ0) is 14.9. The molecule has 0 bridgehead atoms. The third-order valence-electron chi connectivity index (χ3n) is 3.46. The molecule has 0 aromatic carbocycles. The van der Waals surface area contributed by atoms with Crippen molar-refractivity contribution in [2.24, 2.45) is 5.92 Å². The molecule has 1 amide bonds. The van der Waals surface area contributed by atoms with Crippen molar-refractivity contribution in [1.29, 1.82) is 0 Å². The third kappa shape index (κ3) is 2.92. The van der Waals surface area contributed by atoms with Gasteiger partial charge in [0.25, 0.3) is 11.5 Å². The standard InChI is InChI=1S/C13H15BrN2O4/c1-7-10(14)5-9(11(17)15-7)12(18)16-4-2-3-8(6-16)13(19)20/h5,8H,2-4,6H2,1H3,(H,15,17)(H,19,20). The summed E-state index contributed by atoms with van der Waals surface area (Å²) in [7, 11) is 0. The first-order valence-corrected chi connectivity index (χ1v) is 7.11. The van der Waals surface area contributed by atoms with Gasteiger partial charge < -0.3 is 15.0 Å². The van der Waals surface area contributed by atoms with Crippen molar-refractivity contribution < 1.29 is 14.7 Å². The number of H-pyrrole nitrogens is 1. The second-order valence-corrected chi connectivity index (χ2v) is 5.77. The first kappa shape index (κ1) is 14.8. The minimum atomic E-state index is -0.901. The molecule has 2 N–H and O–H groups in total. The van der Waals surface area contributed by atoms with Crippen LogP contribution in [0.15, 0.2) is 15.3 Å². The lowest BCUT2D eigenvalue weighted by molar-refractivity contribution is -0.143. The average molecular weight is 343 g/mol. The van der Waals surface area contributed by atoms with E-state index < -0.39 is 23.4 Å². The number of hydrogen-bond donors (Lipinski definition) is 2. The summed E-state index contributed by atoms with van der Waals surface area (Å²) in [5.74, 6) is -1.87. The van der Waals surface area contributed by atoms with E-state index >= 15 is 0 Å². The van der Waals surface area contributed by atoms with Crippen LogP contribution in [0.1, 0.15) is 28.9 Å². The number of carbonyl (C=O) groups is 2. The van der Waals surface area contributed by atoms with Crippen LogP contribution in [-0.4, -0.2) is 40.0 Å². The fourth-order valence-electron chi connectivity index (χ4n) is 2.29. The van der Waals surface area contributed by atoms with Crippen molar-refractivity contribution in [2.75, 3.05) is 13.1 Å². The van der Waals surface area contributed by atoms with Crippen molar-refractivity contribution in [3.63, 3.8) is 0 Å². The van der Waals surface area contributed by atoms with Crippen molar-refractivity contribution in [3.05, 3.63) is 32.2 Å². The van der Waals surface area contributed by atoms with Gasteiger partial charge in [-0.1, -0.05) is 0 Å². The molecule has 108 valence electrons. The highest BCUT2D eigenvalue weighted by Crippen LogP contribution is 2.19. The Balaban J connectivity index is 2.25. The van der Waals surface area contributed by atoms with E-state index in [-0.39, 0.29) is 12.1 Å². The predicted molar refractivity (Wildman–Crippen MR) is 75.8 cm³/mol. The number of nitrogens with one attached hydrogen (secondary N) is 1. The number of rotatable bonds is 2. The van der Waals surface area contributed by atoms with Gasteiger partial charge in [-0.2, -0.15) is 0 Å². The van der Waals surface area contributed by atoms with Gasteiger partial charge in [-0.15, -0.1) is 0 Å². The normalized spacial score (nSPS) is 18.9. The van der Waals surface area contributed by atoms with Gasteiger partial charge in [0.2, 0.25) is 0 Å². The second kappa shape index (κ2) is 5.78. The lowest BCUT2D eigenvalue weighted by Crippen LogP contribution is -2.43. The highest BCUT2D eigenvalue weighted by atomic mass is 79.9. The molecule has 20 heavy (non-hydrogen) atoms. The summed E-state index contributed by atoms with van der Waals surface area (Å²) >= 11 is 3.27. The number of halogens is 1. The molecule has 2 heterocycles. The zero-order valence-corrected chi connectivity index (χ0v) is 12.6. The van der Waals surface area contributed by atoms with Crippen LogP contribution in [0.2, 0.25) is 0 Å². The minimum absolute atomic E-state index is 0.0357. The lowest BCUT2D eigenvalue weighted by Gasteiger charge is -2.30. The Morgan fingerprint density at radius 1 is 1.50 bits per heavy atom. The number of hydrogen-bond acceptors (Lipinski definition) is 3. The van der Waals surface area contributed by atoms with E-state index in [0.717, 1.165) is 0 Å². The number of likely N-dealkylation sites (tertiary alicyclic amines) is 1. The molecule has 2 rings (SSSR count). The van der Waals surface area contributed by atoms with E-state index in [1.165, 1.54) is 11.0 Å². The average Bonchev–Trinajstić information content (AvgIpc) is 2.42. The molecular weight excluding hydrogens is 328 g/mol. The number of carbonyl (C=O) groups excluding carboxylic acids is 1. The fourth-order valence-corrected chi connectivity index (χ4v) is 2.62. The Morgan fingerprint density at radius 2 is 2.20 bits per heavy atom. The maximum atomic E-state index is 12.3. The maximum Gasteiger partial charge on any atom is 0.308 e. The van der Waals surface area contributed by atoms with E-state index in [9.17, 15) is 14.4 Å². The quantitative estimate of drug-likeness (QED) is 0.849. The molecule has 1 aliphatic heterocycles. The molecule has 1 fully saturated rings. The lowest BCUT2D eigenvalue weighted by atomic mass is 9.98. The maximum absolute atomic E-state index is 12.3. The second-order valence-electron chi connectivity index (χ2n) is 4.91. The number of amides is 1. The summed E-state index contributed by atoms with van der Waals surface area (Å²) in [6, 6.07) is 1.49. The van der Waals surface area contributed by atoms with Gasteiger partial charge in [-0.3, -0.25) is 14.4 Å². The molecule has 1 saturated heterocycles. The predicted octanol–water partition coefficient (Wildman–Crippen LogP) is 1.38. The smallest absolute Gasteiger partial charge is 0.308 e. The Morgan fingerprint density at radius 3 is 2.85 bits per heavy atom. The molecule has 1 unspecified atom stereocenters. The van der Waals surface area contributed by atoms with E-state index in [1.54, 1.807) is 6.92 Å². The Bertz CT molecular complexity index is 611. The summed E-state index contributed by atoms with van der Waals surface area (Å²) in [6.45, 7) is 2.35. The summed E-state index contributed by atoms with van der Waals surface area (Å²) in [5, 5.41) is 9.03. The van der Waals surface area contributed by atoms with Gasteiger partial charge >= 0.3 is 5.97 Å². The fraction of sp³-hybridized carbons (Fsp3) is 0.462. The van der Waals surface area contributed by atoms with Crippen LogP contribution in [0, 0.1) is 12.8 Å². The number of nitrogens with zero attached hydrogens (tertiary/aromatic N) is 1. The van der Waals surface area contributed by atoms with Gasteiger partial charge in [0, 0.05) is 23.3 Å². The monoisotopic (exact) mass is 342 g/mol. The van der Waals surface area contributed by atoms with Crippen LogP contribution in [-0.2, 0) is 4.79 Å².